The fourth-order valence-corrected chi connectivity index (χ4v) is 2.26. The number of carboxylic acids is 1. The molecule has 0 aliphatic heterocycles. The molecule has 0 aromatic rings. The summed E-state index contributed by atoms with van der Waals surface area (Å²) in [5.74, 6) is -1.01. The number of allylic oxidation sites excluding steroid dienone is 5. The van der Waals surface area contributed by atoms with Crippen LogP contribution >= 0.6 is 0 Å². The van der Waals surface area contributed by atoms with Gasteiger partial charge in [0.05, 0.1) is 6.10 Å². The predicted molar refractivity (Wildman–Crippen MR) is 97.7 cm³/mol. The second kappa shape index (κ2) is 16.1. The smallest absolute Gasteiger partial charge is 0.109 e. The Morgan fingerprint density at radius 3 is 2.24 bits per heavy atom. The molecule has 0 spiro atoms. The third-order valence-electron chi connectivity index (χ3n) is 3.81. The van der Waals surface area contributed by atoms with Crippen LogP contribution in [0.4, 0.5) is 0 Å². The van der Waals surface area contributed by atoms with Gasteiger partial charge in [-0.2, -0.15) is 0 Å². The topological polar surface area (TPSA) is 101 Å². The summed E-state index contributed by atoms with van der Waals surface area (Å²) in [6.07, 6.45) is 14.2. The first-order chi connectivity index (χ1) is 12.0. The lowest BCUT2D eigenvalue weighted by Gasteiger charge is -2.20. The molecule has 0 aromatic carbocycles. The molecule has 0 amide bonds. The Morgan fingerprint density at radius 2 is 1.60 bits per heavy atom. The van der Waals surface area contributed by atoms with Crippen molar-refractivity contribution in [2.24, 2.45) is 0 Å². The van der Waals surface area contributed by atoms with Crippen molar-refractivity contribution in [3.05, 3.63) is 36.5 Å². The van der Waals surface area contributed by atoms with Crippen LogP contribution in [0, 0.1) is 0 Å². The molecular weight excluding hydrogens is 320 g/mol. The predicted octanol–water partition coefficient (Wildman–Crippen LogP) is 2.02. The molecule has 5 nitrogen and oxygen atoms in total. The molecule has 0 aliphatic rings. The lowest BCUT2D eigenvalue weighted by molar-refractivity contribution is -0.305. The molecule has 25 heavy (non-hydrogen) atoms. The maximum atomic E-state index is 10.2. The van der Waals surface area contributed by atoms with Gasteiger partial charge in [-0.15, -0.1) is 0 Å². The van der Waals surface area contributed by atoms with Crippen molar-refractivity contribution in [1.82, 2.24) is 0 Å². The molecule has 0 saturated carbocycles. The van der Waals surface area contributed by atoms with Gasteiger partial charge in [-0.3, -0.25) is 0 Å². The minimum absolute atomic E-state index is 0.0897. The van der Waals surface area contributed by atoms with Gasteiger partial charge in [-0.05, 0) is 38.5 Å². The number of hydrogen-bond acceptors (Lipinski definition) is 5. The average molecular weight is 353 g/mol. The maximum Gasteiger partial charge on any atom is 0.109 e. The van der Waals surface area contributed by atoms with E-state index in [9.17, 15) is 25.2 Å². The first-order valence-corrected chi connectivity index (χ1v) is 9.19. The summed E-state index contributed by atoms with van der Waals surface area (Å²) in [4.78, 5) is 10.2. The van der Waals surface area contributed by atoms with Crippen LogP contribution in [0.5, 0.6) is 0 Å². The number of aliphatic hydroxyl groups excluding tert-OH is 3. The molecule has 144 valence electrons. The summed E-state index contributed by atoms with van der Waals surface area (Å²) < 4.78 is 0. The van der Waals surface area contributed by atoms with Crippen LogP contribution in [0.2, 0.25) is 0 Å². The quantitative estimate of drug-likeness (QED) is 0.309. The molecule has 0 rings (SSSR count). The highest BCUT2D eigenvalue weighted by molar-refractivity contribution is 5.64. The maximum absolute atomic E-state index is 10.2. The molecule has 0 aliphatic carbocycles. The SMILES string of the molecule is CCCCCC(O)C(O)C(O)/C=C\C/C=C\C/C=C\CCCC(=O)[O-]. The van der Waals surface area contributed by atoms with Gasteiger partial charge in [0, 0.05) is 5.97 Å². The Kier molecular flexibility index (Phi) is 15.1. The molecule has 0 aromatic heterocycles. The van der Waals surface area contributed by atoms with Crippen LogP contribution in [0.3, 0.4) is 0 Å². The number of aliphatic hydroxyl groups is 3. The number of aliphatic carboxylic acids is 1. The highest BCUT2D eigenvalue weighted by Crippen LogP contribution is 2.10. The van der Waals surface area contributed by atoms with Crippen molar-refractivity contribution in [2.75, 3.05) is 0 Å². The second-order valence-corrected chi connectivity index (χ2v) is 6.15. The summed E-state index contributed by atoms with van der Waals surface area (Å²) >= 11 is 0. The van der Waals surface area contributed by atoms with Crippen molar-refractivity contribution >= 4 is 5.97 Å². The summed E-state index contributed by atoms with van der Waals surface area (Å²) in [5, 5.41) is 39.7. The lowest BCUT2D eigenvalue weighted by Crippen LogP contribution is -2.36. The van der Waals surface area contributed by atoms with Crippen molar-refractivity contribution in [3.8, 4) is 0 Å². The van der Waals surface area contributed by atoms with E-state index in [0.717, 1.165) is 32.1 Å². The van der Waals surface area contributed by atoms with Gasteiger partial charge >= 0.3 is 0 Å². The number of carbonyl (C=O) groups is 1. The highest BCUT2D eigenvalue weighted by Gasteiger charge is 2.21. The first-order valence-electron chi connectivity index (χ1n) is 9.19. The summed E-state index contributed by atoms with van der Waals surface area (Å²) in [5.41, 5.74) is 0. The fourth-order valence-electron chi connectivity index (χ4n) is 2.26. The van der Waals surface area contributed by atoms with E-state index < -0.39 is 24.3 Å². The van der Waals surface area contributed by atoms with Gasteiger partial charge in [0.25, 0.3) is 0 Å². The minimum Gasteiger partial charge on any atom is -0.550 e. The Morgan fingerprint density at radius 1 is 0.960 bits per heavy atom. The Hall–Kier alpha value is -1.43. The Bertz CT molecular complexity index is 414. The molecule has 0 radical (unpaired) electrons. The van der Waals surface area contributed by atoms with Crippen LogP contribution in [-0.2, 0) is 4.79 Å². The molecule has 0 saturated heterocycles. The van der Waals surface area contributed by atoms with Crippen LogP contribution in [-0.4, -0.2) is 39.6 Å². The normalized spacial score (nSPS) is 16.0. The van der Waals surface area contributed by atoms with Crippen LogP contribution in [0.1, 0.15) is 64.7 Å². The van der Waals surface area contributed by atoms with Gasteiger partial charge in [0.2, 0.25) is 0 Å². The van der Waals surface area contributed by atoms with Gasteiger partial charge in [0.15, 0.2) is 0 Å². The Balaban J connectivity index is 3.83. The largest absolute Gasteiger partial charge is 0.550 e. The summed E-state index contributed by atoms with van der Waals surface area (Å²) in [6, 6.07) is 0. The van der Waals surface area contributed by atoms with Gasteiger partial charge in [0.1, 0.15) is 12.2 Å². The molecule has 0 bridgehead atoms. The molecule has 0 fully saturated rings. The number of carboxylic acid groups (broad SMARTS) is 1. The summed E-state index contributed by atoms with van der Waals surface area (Å²) in [6.45, 7) is 2.07. The van der Waals surface area contributed by atoms with E-state index in [1.165, 1.54) is 6.08 Å². The standard InChI is InChI=1S/C20H34O5/c1-2-3-11-14-17(21)20(25)18(22)15-12-9-7-5-4-6-8-10-13-16-19(23)24/h5-8,12,15,17-18,20-22,25H,2-4,9-11,13-14,16H2,1H3,(H,23,24)/p-1/b7-5-,8-6-,15-12-. The van der Waals surface area contributed by atoms with Crippen molar-refractivity contribution < 1.29 is 25.2 Å². The van der Waals surface area contributed by atoms with Crippen molar-refractivity contribution in [1.29, 1.82) is 0 Å². The molecular formula is C20H33O5-. The number of rotatable bonds is 15. The summed E-state index contributed by atoms with van der Waals surface area (Å²) in [7, 11) is 0. The van der Waals surface area contributed by atoms with E-state index >= 15 is 0 Å². The van der Waals surface area contributed by atoms with E-state index in [1.807, 2.05) is 24.3 Å². The lowest BCUT2D eigenvalue weighted by atomic mass is 10.0. The van der Waals surface area contributed by atoms with Crippen LogP contribution < -0.4 is 5.11 Å². The first kappa shape index (κ1) is 23.6. The fraction of sp³-hybridized carbons (Fsp3) is 0.650. The van der Waals surface area contributed by atoms with Crippen molar-refractivity contribution in [3.63, 3.8) is 0 Å². The monoisotopic (exact) mass is 353 g/mol. The molecule has 5 heteroatoms. The third-order valence-corrected chi connectivity index (χ3v) is 3.81. The zero-order valence-corrected chi connectivity index (χ0v) is 15.2. The van der Waals surface area contributed by atoms with E-state index in [-0.39, 0.29) is 6.42 Å². The number of unbranched alkanes of at least 4 members (excludes halogenated alkanes) is 3. The zero-order chi connectivity index (χ0) is 18.9. The van der Waals surface area contributed by atoms with Crippen molar-refractivity contribution in [2.45, 2.75) is 83.0 Å². The third kappa shape index (κ3) is 14.6. The number of hydrogen-bond donors (Lipinski definition) is 3. The number of carbonyl (C=O) groups excluding carboxylic acids is 1. The van der Waals surface area contributed by atoms with E-state index in [1.54, 1.807) is 6.08 Å². The van der Waals surface area contributed by atoms with Crippen LogP contribution in [0.15, 0.2) is 36.5 Å². The Labute approximate surface area is 151 Å². The van der Waals surface area contributed by atoms with Crippen LogP contribution in [0.25, 0.3) is 0 Å². The van der Waals surface area contributed by atoms with Gasteiger partial charge in [-0.1, -0.05) is 62.6 Å². The average Bonchev–Trinajstić information content (AvgIpc) is 2.58. The van der Waals surface area contributed by atoms with E-state index in [4.69, 9.17) is 0 Å². The minimum atomic E-state index is -1.15. The molecule has 0 heterocycles. The van der Waals surface area contributed by atoms with E-state index in [2.05, 4.69) is 6.92 Å². The van der Waals surface area contributed by atoms with Gasteiger partial charge < -0.3 is 25.2 Å². The zero-order valence-electron chi connectivity index (χ0n) is 15.2. The molecule has 3 unspecified atom stereocenters. The van der Waals surface area contributed by atoms with Gasteiger partial charge in [-0.25, -0.2) is 0 Å². The second-order valence-electron chi connectivity index (χ2n) is 6.15. The highest BCUT2D eigenvalue weighted by atomic mass is 16.4. The van der Waals surface area contributed by atoms with E-state index in [0.29, 0.717) is 19.3 Å². The molecule has 3 N–H and O–H groups in total. The molecule has 3 atom stereocenters.